The second-order valence-corrected chi connectivity index (χ2v) is 3.11. The molecule has 0 saturated heterocycles. The van der Waals surface area contributed by atoms with E-state index in [1.165, 1.54) is 6.33 Å². The number of fused-ring (bicyclic) bond motifs is 4. The van der Waals surface area contributed by atoms with Crippen molar-refractivity contribution in [2.45, 2.75) is 6.42 Å². The third-order valence-electron chi connectivity index (χ3n) is 2.07. The summed E-state index contributed by atoms with van der Waals surface area (Å²) >= 11 is 0. The Balaban J connectivity index is 2.50. The lowest BCUT2D eigenvalue weighted by Crippen LogP contribution is -2.13. The minimum absolute atomic E-state index is 0.569. The third-order valence-corrected chi connectivity index (χ3v) is 2.07. The Bertz CT molecular complexity index is 563. The molecular formula is C9H8N5. The predicted octanol–water partition coefficient (Wildman–Crippen LogP) is 0.0652. The minimum Gasteiger partial charge on any atom is -0.328 e. The fourth-order valence-electron chi connectivity index (χ4n) is 1.46. The summed E-state index contributed by atoms with van der Waals surface area (Å²) in [6.45, 7) is 0. The summed E-state index contributed by atoms with van der Waals surface area (Å²) in [6.07, 6.45) is 6.46. The topological polar surface area (TPSA) is 70.2 Å². The lowest BCUT2D eigenvalue weighted by Gasteiger charge is -2.03. The van der Waals surface area contributed by atoms with Crippen molar-refractivity contribution >= 4 is 17.6 Å². The lowest BCUT2D eigenvalue weighted by atomic mass is 10.1. The fourth-order valence-corrected chi connectivity index (χ4v) is 1.46. The molecule has 2 aromatic heterocycles. The van der Waals surface area contributed by atoms with Crippen molar-refractivity contribution in [2.75, 3.05) is 0 Å². The quantitative estimate of drug-likeness (QED) is 0.611. The highest BCUT2D eigenvalue weighted by Crippen LogP contribution is 2.00. The van der Waals surface area contributed by atoms with E-state index in [1.54, 1.807) is 0 Å². The zero-order valence-electron chi connectivity index (χ0n) is 7.36. The van der Waals surface area contributed by atoms with E-state index in [0.717, 1.165) is 17.5 Å². The standard InChI is InChI=1S/C9H8N5/c1-2-6-4-7(3-1)13-9-11-5-10-8(12-6)14-9/h1-2,4-5H,3H2,(H2,10,11,12,13,14). The zero-order chi connectivity index (χ0) is 9.38. The summed E-state index contributed by atoms with van der Waals surface area (Å²) in [5.41, 5.74) is 1.09. The molecule has 1 aliphatic carbocycles. The van der Waals surface area contributed by atoms with Crippen LogP contribution in [-0.2, 0) is 6.42 Å². The molecule has 2 heterocycles. The van der Waals surface area contributed by atoms with E-state index in [0.29, 0.717) is 11.6 Å². The summed E-state index contributed by atoms with van der Waals surface area (Å²) in [7, 11) is 0. The Morgan fingerprint density at radius 1 is 1.14 bits per heavy atom. The average molecular weight is 186 g/mol. The third kappa shape index (κ3) is 1.22. The Morgan fingerprint density at radius 2 is 2.00 bits per heavy atom. The Morgan fingerprint density at radius 3 is 2.93 bits per heavy atom. The van der Waals surface area contributed by atoms with Crippen molar-refractivity contribution in [3.63, 3.8) is 0 Å². The van der Waals surface area contributed by atoms with Gasteiger partial charge in [-0.15, -0.1) is 0 Å². The van der Waals surface area contributed by atoms with Gasteiger partial charge in [0.15, 0.2) is 0 Å². The van der Waals surface area contributed by atoms with Crippen molar-refractivity contribution < 1.29 is 0 Å². The molecule has 5 heteroatoms. The fraction of sp³-hybridized carbons (Fsp3) is 0.111. The second-order valence-electron chi connectivity index (χ2n) is 3.11. The van der Waals surface area contributed by atoms with Crippen LogP contribution in [0, 0.1) is 6.42 Å². The van der Waals surface area contributed by atoms with E-state index >= 15 is 0 Å². The van der Waals surface area contributed by atoms with E-state index in [2.05, 4.69) is 31.3 Å². The van der Waals surface area contributed by atoms with Crippen LogP contribution in [0.25, 0.3) is 17.6 Å². The van der Waals surface area contributed by atoms with Gasteiger partial charge in [-0.2, -0.15) is 4.98 Å². The van der Waals surface area contributed by atoms with Gasteiger partial charge in [0, 0.05) is 11.0 Å². The zero-order valence-corrected chi connectivity index (χ0v) is 7.36. The number of nitrogens with one attached hydrogen (secondary N) is 2. The highest BCUT2D eigenvalue weighted by atomic mass is 15.1. The van der Waals surface area contributed by atoms with Crippen LogP contribution >= 0.6 is 0 Å². The van der Waals surface area contributed by atoms with E-state index in [1.807, 2.05) is 12.1 Å². The van der Waals surface area contributed by atoms with Crippen LogP contribution in [0.1, 0.15) is 5.69 Å². The number of aromatic amines is 2. The molecule has 0 unspecified atom stereocenters. The maximum atomic E-state index is 4.17. The maximum absolute atomic E-state index is 4.17. The lowest BCUT2D eigenvalue weighted by molar-refractivity contribution is 0.994. The van der Waals surface area contributed by atoms with Gasteiger partial charge in [0.2, 0.25) is 11.6 Å². The van der Waals surface area contributed by atoms with Crippen LogP contribution in [0.5, 0.6) is 0 Å². The first kappa shape index (κ1) is 7.49. The van der Waals surface area contributed by atoms with Crippen molar-refractivity contribution in [1.29, 1.82) is 0 Å². The molecule has 5 nitrogen and oxygen atoms in total. The SMILES string of the molecule is [CH]1C=c2cc([nH]c3ncnc(n3)[nH]2)C1. The van der Waals surface area contributed by atoms with Crippen LogP contribution in [0.2, 0.25) is 0 Å². The molecule has 3 rings (SSSR count). The molecule has 14 heavy (non-hydrogen) atoms. The Kier molecular flexibility index (Phi) is 1.50. The molecule has 0 amide bonds. The van der Waals surface area contributed by atoms with Crippen LogP contribution in [0.3, 0.4) is 0 Å². The van der Waals surface area contributed by atoms with Gasteiger partial charge < -0.3 is 9.97 Å². The summed E-state index contributed by atoms with van der Waals surface area (Å²) in [6, 6.07) is 2.03. The van der Waals surface area contributed by atoms with Gasteiger partial charge in [0.1, 0.15) is 6.33 Å². The van der Waals surface area contributed by atoms with Crippen LogP contribution < -0.4 is 5.35 Å². The monoisotopic (exact) mass is 186 g/mol. The number of rotatable bonds is 0. The van der Waals surface area contributed by atoms with Crippen LogP contribution in [0.15, 0.2) is 12.4 Å². The summed E-state index contributed by atoms with van der Waals surface area (Å²) in [4.78, 5) is 18.4. The molecule has 1 radical (unpaired) electrons. The smallest absolute Gasteiger partial charge is 0.231 e. The van der Waals surface area contributed by atoms with Crippen molar-refractivity contribution in [3.05, 3.63) is 29.9 Å². The first-order valence-corrected chi connectivity index (χ1v) is 4.37. The van der Waals surface area contributed by atoms with Crippen LogP contribution in [0.4, 0.5) is 0 Å². The van der Waals surface area contributed by atoms with Crippen LogP contribution in [-0.4, -0.2) is 24.9 Å². The number of nitrogens with zero attached hydrogens (tertiary/aromatic N) is 3. The first-order chi connectivity index (χ1) is 6.90. The molecule has 4 bridgehead atoms. The minimum atomic E-state index is 0.569. The maximum Gasteiger partial charge on any atom is 0.231 e. The van der Waals surface area contributed by atoms with E-state index < -0.39 is 0 Å². The van der Waals surface area contributed by atoms with Gasteiger partial charge in [0.25, 0.3) is 0 Å². The number of hydrogen-bond acceptors (Lipinski definition) is 3. The molecule has 0 atom stereocenters. The van der Waals surface area contributed by atoms with Gasteiger partial charge in [-0.05, 0) is 18.9 Å². The molecule has 1 aliphatic rings. The molecular weight excluding hydrogens is 178 g/mol. The van der Waals surface area contributed by atoms with Crippen molar-refractivity contribution in [1.82, 2.24) is 24.9 Å². The molecule has 69 valence electrons. The molecule has 0 aliphatic heterocycles. The van der Waals surface area contributed by atoms with Crippen molar-refractivity contribution in [3.8, 4) is 0 Å². The van der Waals surface area contributed by atoms with Crippen molar-refractivity contribution in [2.24, 2.45) is 0 Å². The number of aromatic nitrogens is 5. The molecule has 0 spiro atoms. The molecule has 0 aromatic carbocycles. The highest BCUT2D eigenvalue weighted by Gasteiger charge is 1.99. The first-order valence-electron chi connectivity index (χ1n) is 4.37. The molecule has 2 N–H and O–H groups in total. The van der Waals surface area contributed by atoms with E-state index in [9.17, 15) is 0 Å². The molecule has 0 saturated carbocycles. The van der Waals surface area contributed by atoms with Gasteiger partial charge in [-0.25, -0.2) is 9.97 Å². The van der Waals surface area contributed by atoms with Gasteiger partial charge >= 0.3 is 0 Å². The summed E-state index contributed by atoms with van der Waals surface area (Å²) < 4.78 is 0. The van der Waals surface area contributed by atoms with E-state index in [4.69, 9.17) is 0 Å². The largest absolute Gasteiger partial charge is 0.328 e. The number of hydrogen-bond donors (Lipinski definition) is 2. The van der Waals surface area contributed by atoms with Gasteiger partial charge in [-0.1, -0.05) is 6.08 Å². The average Bonchev–Trinajstić information content (AvgIpc) is 2.17. The molecule has 0 fully saturated rings. The van der Waals surface area contributed by atoms with Gasteiger partial charge in [0.05, 0.1) is 0 Å². The van der Waals surface area contributed by atoms with Gasteiger partial charge in [-0.3, -0.25) is 0 Å². The summed E-state index contributed by atoms with van der Waals surface area (Å²) in [5.74, 6) is 1.16. The van der Waals surface area contributed by atoms with E-state index in [-0.39, 0.29) is 0 Å². The highest BCUT2D eigenvalue weighted by molar-refractivity contribution is 5.41. The number of H-pyrrole nitrogens is 2. The molecule has 2 aromatic rings. The Labute approximate surface area is 79.6 Å². The predicted molar refractivity (Wildman–Crippen MR) is 51.3 cm³/mol. The second kappa shape index (κ2) is 2.80. The normalized spacial score (nSPS) is 13.7. The summed E-state index contributed by atoms with van der Waals surface area (Å²) in [5, 5.41) is 0.996. The Hall–Kier alpha value is -1.91.